The molecule has 0 N–H and O–H groups in total. The summed E-state index contributed by atoms with van der Waals surface area (Å²) in [5, 5.41) is 10.2. The van der Waals surface area contributed by atoms with E-state index in [1.807, 2.05) is 0 Å². The van der Waals surface area contributed by atoms with Crippen LogP contribution >= 0.6 is 0 Å². The van der Waals surface area contributed by atoms with Crippen LogP contribution in [-0.4, -0.2) is 16.9 Å². The number of carbonyl (C=O) groups is 2. The monoisotopic (exact) mass is 142 g/mol. The molecule has 4 heteroatoms. The minimum absolute atomic E-state index is 0.0604. The predicted octanol–water partition coefficient (Wildman–Crippen LogP) is 0.435. The number of nitrogens with zero attached hydrogens (tertiary/aromatic N) is 1. The fourth-order valence-corrected chi connectivity index (χ4v) is 0.316. The molecule has 0 heterocycles. The Morgan fingerprint density at radius 2 is 1.80 bits per heavy atom. The molecule has 0 aliphatic rings. The van der Waals surface area contributed by atoms with Crippen molar-refractivity contribution in [3.05, 3.63) is 17.4 Å². The molecule has 0 bridgehead atoms. The van der Waals surface area contributed by atoms with Gasteiger partial charge in [0.05, 0.1) is 0 Å². The third kappa shape index (κ3) is 1.99. The molecular weight excluding hydrogens is 134 g/mol. The van der Waals surface area contributed by atoms with Crippen molar-refractivity contribution < 1.29 is 9.59 Å². The number of amides is 2. The summed E-state index contributed by atoms with van der Waals surface area (Å²) >= 11 is 0. The van der Waals surface area contributed by atoms with Gasteiger partial charge in [-0.15, -0.1) is 0 Å². The van der Waals surface area contributed by atoms with Gasteiger partial charge in [0, 0.05) is 12.5 Å². The zero-order valence-corrected chi connectivity index (χ0v) is 5.88. The second-order valence-corrected chi connectivity index (χ2v) is 1.90. The van der Waals surface area contributed by atoms with Crippen LogP contribution in [0.15, 0.2) is 12.2 Å². The molecular formula is C6H8NO3-. The molecule has 10 heavy (non-hydrogen) atoms. The van der Waals surface area contributed by atoms with Gasteiger partial charge in [-0.1, -0.05) is 6.58 Å². The van der Waals surface area contributed by atoms with Crippen LogP contribution in [0.3, 0.4) is 0 Å². The molecule has 0 rings (SSSR count). The Hall–Kier alpha value is -1.16. The highest BCUT2D eigenvalue weighted by atomic mass is 16.5. The Bertz CT molecular complexity index is 185. The van der Waals surface area contributed by atoms with Crippen LogP contribution in [-0.2, 0) is 9.59 Å². The maximum Gasteiger partial charge on any atom is 0.244 e. The number of imide groups is 1. The normalized spacial score (nSPS) is 8.70. The molecule has 0 unspecified atom stereocenters. The fraction of sp³-hybridized carbons (Fsp3) is 0.333. The summed E-state index contributed by atoms with van der Waals surface area (Å²) in [5.41, 5.74) is 0.0604. The van der Waals surface area contributed by atoms with Crippen molar-refractivity contribution in [1.82, 2.24) is 5.06 Å². The predicted molar refractivity (Wildman–Crippen MR) is 35.7 cm³/mol. The van der Waals surface area contributed by atoms with Crippen molar-refractivity contribution in [3.63, 3.8) is 0 Å². The van der Waals surface area contributed by atoms with Gasteiger partial charge < -0.3 is 10.3 Å². The van der Waals surface area contributed by atoms with Crippen LogP contribution < -0.4 is 0 Å². The van der Waals surface area contributed by atoms with E-state index in [2.05, 4.69) is 6.58 Å². The second-order valence-electron chi connectivity index (χ2n) is 1.90. The van der Waals surface area contributed by atoms with Crippen LogP contribution in [0.25, 0.3) is 0 Å². The van der Waals surface area contributed by atoms with E-state index in [9.17, 15) is 14.8 Å². The van der Waals surface area contributed by atoms with E-state index in [1.165, 1.54) is 6.92 Å². The molecule has 0 saturated carbocycles. The molecule has 0 atom stereocenters. The van der Waals surface area contributed by atoms with Gasteiger partial charge in [0.2, 0.25) is 11.8 Å². The number of hydrogen-bond acceptors (Lipinski definition) is 3. The van der Waals surface area contributed by atoms with Gasteiger partial charge >= 0.3 is 0 Å². The Balaban J connectivity index is 4.22. The minimum Gasteiger partial charge on any atom is -0.749 e. The summed E-state index contributed by atoms with van der Waals surface area (Å²) in [6.45, 7) is 5.61. The van der Waals surface area contributed by atoms with Gasteiger partial charge in [-0.05, 0) is 6.92 Å². The van der Waals surface area contributed by atoms with Gasteiger partial charge in [-0.3, -0.25) is 9.59 Å². The highest BCUT2D eigenvalue weighted by molar-refractivity contribution is 6.03. The maximum atomic E-state index is 10.6. The number of rotatable bonds is 1. The van der Waals surface area contributed by atoms with Gasteiger partial charge in [-0.2, -0.15) is 0 Å². The van der Waals surface area contributed by atoms with Crippen molar-refractivity contribution in [2.45, 2.75) is 13.8 Å². The van der Waals surface area contributed by atoms with E-state index in [1.54, 1.807) is 0 Å². The number of hydrogen-bond donors (Lipinski definition) is 0. The molecule has 0 fully saturated rings. The summed E-state index contributed by atoms with van der Waals surface area (Å²) < 4.78 is 0. The topological polar surface area (TPSA) is 60.4 Å². The molecule has 0 saturated heterocycles. The lowest BCUT2D eigenvalue weighted by Gasteiger charge is -2.23. The Morgan fingerprint density at radius 3 is 1.90 bits per heavy atom. The van der Waals surface area contributed by atoms with Crippen LogP contribution in [0.2, 0.25) is 0 Å². The van der Waals surface area contributed by atoms with Gasteiger partial charge in [-0.25, -0.2) is 0 Å². The highest BCUT2D eigenvalue weighted by Crippen LogP contribution is 1.96. The lowest BCUT2D eigenvalue weighted by atomic mass is 10.3. The quantitative estimate of drug-likeness (QED) is 0.394. The van der Waals surface area contributed by atoms with E-state index >= 15 is 0 Å². The Morgan fingerprint density at radius 1 is 1.40 bits per heavy atom. The molecule has 0 aliphatic heterocycles. The first-order valence-electron chi connectivity index (χ1n) is 2.64. The van der Waals surface area contributed by atoms with Gasteiger partial charge in [0.1, 0.15) is 0 Å². The number of carbonyl (C=O) groups excluding carboxylic acids is 2. The molecule has 0 aliphatic carbocycles. The summed E-state index contributed by atoms with van der Waals surface area (Å²) in [6.07, 6.45) is 0. The van der Waals surface area contributed by atoms with Crippen molar-refractivity contribution >= 4 is 11.8 Å². The average molecular weight is 142 g/mol. The maximum absolute atomic E-state index is 10.6. The molecule has 0 spiro atoms. The van der Waals surface area contributed by atoms with E-state index in [0.717, 1.165) is 6.92 Å². The Kier molecular flexibility index (Phi) is 2.76. The summed E-state index contributed by atoms with van der Waals surface area (Å²) in [5.74, 6) is -1.71. The molecule has 56 valence electrons. The van der Waals surface area contributed by atoms with Crippen molar-refractivity contribution in [2.24, 2.45) is 0 Å². The van der Waals surface area contributed by atoms with Crippen LogP contribution in [0, 0.1) is 5.21 Å². The van der Waals surface area contributed by atoms with Crippen molar-refractivity contribution in [1.29, 1.82) is 0 Å². The lowest BCUT2D eigenvalue weighted by molar-refractivity contribution is -0.137. The first-order valence-corrected chi connectivity index (χ1v) is 2.64. The van der Waals surface area contributed by atoms with E-state index in [-0.39, 0.29) is 10.6 Å². The largest absolute Gasteiger partial charge is 0.749 e. The fourth-order valence-electron chi connectivity index (χ4n) is 0.316. The first kappa shape index (κ1) is 8.84. The Labute approximate surface area is 58.7 Å². The van der Waals surface area contributed by atoms with Crippen LogP contribution in [0.1, 0.15) is 13.8 Å². The standard InChI is InChI=1S/C6H8NO3/c1-4(2)6(9)7(10)5(3)8/h1H2,2-3H3/q-1. The highest BCUT2D eigenvalue weighted by Gasteiger charge is 2.06. The lowest BCUT2D eigenvalue weighted by Crippen LogP contribution is -2.29. The molecule has 0 aromatic rings. The third-order valence-corrected chi connectivity index (χ3v) is 0.836. The van der Waals surface area contributed by atoms with Gasteiger partial charge in [0.15, 0.2) is 0 Å². The van der Waals surface area contributed by atoms with E-state index in [4.69, 9.17) is 0 Å². The zero-order valence-electron chi connectivity index (χ0n) is 5.88. The summed E-state index contributed by atoms with van der Waals surface area (Å²) in [7, 11) is 0. The van der Waals surface area contributed by atoms with Crippen LogP contribution in [0.4, 0.5) is 0 Å². The SMILES string of the molecule is C=C(C)C(=O)N([O-])C(C)=O. The summed E-state index contributed by atoms with van der Waals surface area (Å²) in [6, 6.07) is 0. The van der Waals surface area contributed by atoms with Gasteiger partial charge in [0.25, 0.3) is 0 Å². The smallest absolute Gasteiger partial charge is 0.244 e. The molecule has 4 nitrogen and oxygen atoms in total. The molecule has 2 amide bonds. The van der Waals surface area contributed by atoms with E-state index < -0.39 is 11.8 Å². The second kappa shape index (κ2) is 3.12. The molecule has 0 radical (unpaired) electrons. The molecule has 0 aromatic carbocycles. The average Bonchev–Trinajstić information content (AvgIpc) is 1.84. The number of hydroxylamine groups is 2. The summed E-state index contributed by atoms with van der Waals surface area (Å²) in [4.78, 5) is 20.8. The van der Waals surface area contributed by atoms with Crippen molar-refractivity contribution in [2.75, 3.05) is 0 Å². The molecule has 0 aromatic heterocycles. The van der Waals surface area contributed by atoms with E-state index in [0.29, 0.717) is 0 Å². The zero-order chi connectivity index (χ0) is 8.31. The van der Waals surface area contributed by atoms with Crippen molar-refractivity contribution in [3.8, 4) is 0 Å². The third-order valence-electron chi connectivity index (χ3n) is 0.836. The minimum atomic E-state index is -0.882. The van der Waals surface area contributed by atoms with Crippen LogP contribution in [0.5, 0.6) is 0 Å². The first-order chi connectivity index (χ1) is 4.46.